The molecule has 0 aromatic heterocycles. The van der Waals surface area contributed by atoms with Crippen molar-refractivity contribution >= 4 is 10.8 Å². The molecule has 0 fully saturated rings. The molecule has 0 saturated heterocycles. The summed E-state index contributed by atoms with van der Waals surface area (Å²) in [6.07, 6.45) is 0. The molecule has 0 atom stereocenters. The fourth-order valence-corrected chi connectivity index (χ4v) is 1.95. The van der Waals surface area contributed by atoms with Crippen LogP contribution in [0.4, 0.5) is 0 Å². The van der Waals surface area contributed by atoms with E-state index >= 15 is 0 Å². The lowest BCUT2D eigenvalue weighted by molar-refractivity contribution is 0.0547. The molecule has 0 unspecified atom stereocenters. The Morgan fingerprint density at radius 2 is 1.70 bits per heavy atom. The smallest absolute Gasteiger partial charge is 0.127 e. The molecule has 0 spiro atoms. The largest absolute Gasteiger partial charge is 0.491 e. The molecule has 4 heteroatoms. The fraction of sp³-hybridized carbons (Fsp3) is 0.312. The third-order valence-electron chi connectivity index (χ3n) is 2.92. The van der Waals surface area contributed by atoms with E-state index in [1.54, 1.807) is 13.2 Å². The standard InChI is InChI=1S/C16H17NO3/c1-18-8-9-19-10-11-20-16-7-6-13(12-17)14-4-2-3-5-15(14)16/h2-7H,8-11H2,1H3. The number of hydrogen-bond acceptors (Lipinski definition) is 4. The van der Waals surface area contributed by atoms with Gasteiger partial charge in [0.1, 0.15) is 12.4 Å². The zero-order chi connectivity index (χ0) is 14.2. The number of rotatable bonds is 7. The molecule has 0 saturated carbocycles. The van der Waals surface area contributed by atoms with Crippen molar-refractivity contribution in [2.24, 2.45) is 0 Å². The molecule has 2 aromatic carbocycles. The molecule has 104 valence electrons. The minimum Gasteiger partial charge on any atom is -0.491 e. The zero-order valence-corrected chi connectivity index (χ0v) is 11.5. The second-order valence-electron chi connectivity index (χ2n) is 4.22. The van der Waals surface area contributed by atoms with Gasteiger partial charge in [0.05, 0.1) is 31.5 Å². The molecule has 20 heavy (non-hydrogen) atoms. The maximum Gasteiger partial charge on any atom is 0.127 e. The van der Waals surface area contributed by atoms with Crippen LogP contribution >= 0.6 is 0 Å². The SMILES string of the molecule is COCCOCCOc1ccc(C#N)c2ccccc12. The first kappa shape index (κ1) is 14.3. The van der Waals surface area contributed by atoms with E-state index in [2.05, 4.69) is 6.07 Å². The second-order valence-corrected chi connectivity index (χ2v) is 4.22. The Labute approximate surface area is 118 Å². The highest BCUT2D eigenvalue weighted by Crippen LogP contribution is 2.28. The summed E-state index contributed by atoms with van der Waals surface area (Å²) in [4.78, 5) is 0. The Hall–Kier alpha value is -2.09. The number of ether oxygens (including phenoxy) is 3. The highest BCUT2D eigenvalue weighted by atomic mass is 16.5. The van der Waals surface area contributed by atoms with Crippen LogP contribution in [0.25, 0.3) is 10.8 Å². The second kappa shape index (κ2) is 7.49. The topological polar surface area (TPSA) is 51.5 Å². The third kappa shape index (κ3) is 3.47. The van der Waals surface area contributed by atoms with Gasteiger partial charge in [-0.25, -0.2) is 0 Å². The average molecular weight is 271 g/mol. The summed E-state index contributed by atoms with van der Waals surface area (Å²) < 4.78 is 16.0. The van der Waals surface area contributed by atoms with Crippen LogP contribution in [0.5, 0.6) is 5.75 Å². The molecule has 2 rings (SSSR count). The van der Waals surface area contributed by atoms with E-state index in [0.717, 1.165) is 16.5 Å². The van der Waals surface area contributed by atoms with Gasteiger partial charge in [0, 0.05) is 17.9 Å². The number of benzene rings is 2. The van der Waals surface area contributed by atoms with E-state index in [4.69, 9.17) is 19.5 Å². The van der Waals surface area contributed by atoms with Crippen molar-refractivity contribution < 1.29 is 14.2 Å². The van der Waals surface area contributed by atoms with Gasteiger partial charge in [0.25, 0.3) is 0 Å². The Balaban J connectivity index is 2.02. The van der Waals surface area contributed by atoms with Crippen LogP contribution in [0.2, 0.25) is 0 Å². The summed E-state index contributed by atoms with van der Waals surface area (Å²) in [5.74, 6) is 0.773. The van der Waals surface area contributed by atoms with Gasteiger partial charge in [-0.2, -0.15) is 5.26 Å². The molecule has 0 amide bonds. The zero-order valence-electron chi connectivity index (χ0n) is 11.5. The van der Waals surface area contributed by atoms with Crippen molar-refractivity contribution in [1.82, 2.24) is 0 Å². The quantitative estimate of drug-likeness (QED) is 0.727. The van der Waals surface area contributed by atoms with Gasteiger partial charge < -0.3 is 14.2 Å². The molecule has 0 aliphatic rings. The molecule has 0 N–H and O–H groups in total. The Morgan fingerprint density at radius 3 is 2.45 bits per heavy atom. The van der Waals surface area contributed by atoms with Crippen LogP contribution in [0.1, 0.15) is 5.56 Å². The van der Waals surface area contributed by atoms with Crippen molar-refractivity contribution in [1.29, 1.82) is 5.26 Å². The molecular formula is C16H17NO3. The lowest BCUT2D eigenvalue weighted by atomic mass is 10.0. The number of fused-ring (bicyclic) bond motifs is 1. The van der Waals surface area contributed by atoms with Crippen molar-refractivity contribution in [2.75, 3.05) is 33.5 Å². The van der Waals surface area contributed by atoms with Crippen LogP contribution in [0, 0.1) is 11.3 Å². The Morgan fingerprint density at radius 1 is 0.950 bits per heavy atom. The Kier molecular flexibility index (Phi) is 5.36. The third-order valence-corrected chi connectivity index (χ3v) is 2.92. The number of hydrogen-bond donors (Lipinski definition) is 0. The first-order chi connectivity index (χ1) is 9.86. The first-order valence-corrected chi connectivity index (χ1v) is 6.48. The predicted molar refractivity (Wildman–Crippen MR) is 76.9 cm³/mol. The molecule has 0 bridgehead atoms. The van der Waals surface area contributed by atoms with Crippen LogP contribution in [0.15, 0.2) is 36.4 Å². The van der Waals surface area contributed by atoms with Crippen molar-refractivity contribution in [2.45, 2.75) is 0 Å². The van der Waals surface area contributed by atoms with Gasteiger partial charge in [-0.15, -0.1) is 0 Å². The molecule has 0 aliphatic heterocycles. The van der Waals surface area contributed by atoms with E-state index in [1.807, 2.05) is 30.3 Å². The van der Waals surface area contributed by atoms with Crippen LogP contribution in [-0.4, -0.2) is 33.5 Å². The van der Waals surface area contributed by atoms with Gasteiger partial charge >= 0.3 is 0 Å². The van der Waals surface area contributed by atoms with Gasteiger partial charge in [-0.1, -0.05) is 24.3 Å². The van der Waals surface area contributed by atoms with E-state index in [-0.39, 0.29) is 0 Å². The first-order valence-electron chi connectivity index (χ1n) is 6.48. The van der Waals surface area contributed by atoms with Gasteiger partial charge in [-0.05, 0) is 12.1 Å². The summed E-state index contributed by atoms with van der Waals surface area (Å²) in [7, 11) is 1.64. The molecular weight excluding hydrogens is 254 g/mol. The number of methoxy groups -OCH3 is 1. The minimum absolute atomic E-state index is 0.472. The Bertz CT molecular complexity index is 604. The van der Waals surface area contributed by atoms with Gasteiger partial charge in [0.2, 0.25) is 0 Å². The molecule has 4 nitrogen and oxygen atoms in total. The predicted octanol–water partition coefficient (Wildman–Crippen LogP) is 2.75. The summed E-state index contributed by atoms with van der Waals surface area (Å²) in [5, 5.41) is 11.0. The van der Waals surface area contributed by atoms with E-state index in [9.17, 15) is 0 Å². The molecule has 0 heterocycles. The lowest BCUT2D eigenvalue weighted by Gasteiger charge is -2.10. The average Bonchev–Trinajstić information content (AvgIpc) is 2.50. The summed E-state index contributed by atoms with van der Waals surface area (Å²) >= 11 is 0. The van der Waals surface area contributed by atoms with Crippen LogP contribution in [-0.2, 0) is 9.47 Å². The summed E-state index contributed by atoms with van der Waals surface area (Å²) in [6, 6.07) is 13.5. The number of nitrogens with zero attached hydrogens (tertiary/aromatic N) is 1. The van der Waals surface area contributed by atoms with Crippen molar-refractivity contribution in [3.63, 3.8) is 0 Å². The van der Waals surface area contributed by atoms with Crippen LogP contribution < -0.4 is 4.74 Å². The monoisotopic (exact) mass is 271 g/mol. The summed E-state index contributed by atoms with van der Waals surface area (Å²) in [6.45, 7) is 2.13. The number of nitriles is 1. The van der Waals surface area contributed by atoms with Crippen molar-refractivity contribution in [3.05, 3.63) is 42.0 Å². The van der Waals surface area contributed by atoms with Gasteiger partial charge in [0.15, 0.2) is 0 Å². The maximum absolute atomic E-state index is 9.10. The van der Waals surface area contributed by atoms with Crippen LogP contribution in [0.3, 0.4) is 0 Å². The van der Waals surface area contributed by atoms with Gasteiger partial charge in [-0.3, -0.25) is 0 Å². The maximum atomic E-state index is 9.10. The molecule has 0 aliphatic carbocycles. The minimum atomic E-state index is 0.472. The molecule has 0 radical (unpaired) electrons. The summed E-state index contributed by atoms with van der Waals surface area (Å²) in [5.41, 5.74) is 0.657. The highest BCUT2D eigenvalue weighted by Gasteiger charge is 2.05. The van der Waals surface area contributed by atoms with Crippen molar-refractivity contribution in [3.8, 4) is 11.8 Å². The fourth-order valence-electron chi connectivity index (χ4n) is 1.95. The highest BCUT2D eigenvalue weighted by molar-refractivity contribution is 5.92. The normalized spacial score (nSPS) is 10.4. The van der Waals surface area contributed by atoms with E-state index < -0.39 is 0 Å². The lowest BCUT2D eigenvalue weighted by Crippen LogP contribution is -2.10. The van der Waals surface area contributed by atoms with E-state index in [1.165, 1.54) is 0 Å². The molecule has 2 aromatic rings. The van der Waals surface area contributed by atoms with E-state index in [0.29, 0.717) is 32.0 Å².